The summed E-state index contributed by atoms with van der Waals surface area (Å²) in [7, 11) is 0. The van der Waals surface area contributed by atoms with Crippen LogP contribution < -0.4 is 16.4 Å². The molecule has 0 bridgehead atoms. The van der Waals surface area contributed by atoms with Crippen LogP contribution in [0.5, 0.6) is 0 Å². The number of benzene rings is 1. The summed E-state index contributed by atoms with van der Waals surface area (Å²) in [6.45, 7) is 2.03. The van der Waals surface area contributed by atoms with Gasteiger partial charge in [0, 0.05) is 13.0 Å². The highest BCUT2D eigenvalue weighted by Gasteiger charge is 2.30. The molecule has 1 aromatic carbocycles. The van der Waals surface area contributed by atoms with E-state index in [1.54, 1.807) is 13.0 Å². The largest absolute Gasteiger partial charge is 0.326 e. The van der Waals surface area contributed by atoms with Gasteiger partial charge in [-0.25, -0.2) is 4.90 Å². The molecule has 5 nitrogen and oxygen atoms in total. The molecule has 1 atom stereocenters. The highest BCUT2D eigenvalue weighted by Crippen LogP contribution is 2.29. The van der Waals surface area contributed by atoms with Crippen molar-refractivity contribution in [1.82, 2.24) is 0 Å². The van der Waals surface area contributed by atoms with Crippen molar-refractivity contribution in [3.63, 3.8) is 0 Å². The van der Waals surface area contributed by atoms with Gasteiger partial charge in [-0.1, -0.05) is 12.1 Å². The van der Waals surface area contributed by atoms with Crippen LogP contribution in [-0.4, -0.2) is 17.9 Å². The highest BCUT2D eigenvalue weighted by molar-refractivity contribution is 6.17. The van der Waals surface area contributed by atoms with Gasteiger partial charge in [0.1, 0.15) is 0 Å². The summed E-state index contributed by atoms with van der Waals surface area (Å²) in [5, 5.41) is 0. The zero-order valence-corrected chi connectivity index (χ0v) is 10.3. The number of nitrogens with two attached hydrogens (primary N) is 2. The fraction of sp³-hybridized carbons (Fsp3) is 0.385. The van der Waals surface area contributed by atoms with Gasteiger partial charge in [-0.2, -0.15) is 0 Å². The molecule has 1 aromatic rings. The quantitative estimate of drug-likeness (QED) is 0.786. The van der Waals surface area contributed by atoms with E-state index in [4.69, 9.17) is 11.5 Å². The molecule has 1 unspecified atom stereocenters. The van der Waals surface area contributed by atoms with E-state index in [0.717, 1.165) is 11.1 Å². The molecular weight excluding hydrogens is 230 g/mol. The molecule has 2 amide bonds. The van der Waals surface area contributed by atoms with Gasteiger partial charge in [-0.3, -0.25) is 9.59 Å². The first kappa shape index (κ1) is 12.7. The number of carbonyl (C=O) groups excluding carboxylic acids is 2. The van der Waals surface area contributed by atoms with Crippen LogP contribution in [0.4, 0.5) is 5.69 Å². The Morgan fingerprint density at radius 1 is 1.44 bits per heavy atom. The number of rotatable bonds is 2. The summed E-state index contributed by atoms with van der Waals surface area (Å²) in [5.74, 6) is -0.549. The molecule has 0 aliphatic carbocycles. The van der Waals surface area contributed by atoms with Crippen LogP contribution in [0, 0.1) is 0 Å². The SMILES string of the molecule is CC(N)C(=O)N1C(=O)CCc2cc(CN)ccc21. The van der Waals surface area contributed by atoms with Crippen LogP contribution in [0.25, 0.3) is 0 Å². The van der Waals surface area contributed by atoms with Gasteiger partial charge in [0.2, 0.25) is 11.8 Å². The molecule has 96 valence electrons. The first-order valence-electron chi connectivity index (χ1n) is 5.99. The summed E-state index contributed by atoms with van der Waals surface area (Å²) in [6, 6.07) is 4.87. The van der Waals surface area contributed by atoms with Gasteiger partial charge in [0.05, 0.1) is 11.7 Å². The summed E-state index contributed by atoms with van der Waals surface area (Å²) in [4.78, 5) is 25.1. The molecule has 0 saturated carbocycles. The Hall–Kier alpha value is -1.72. The maximum atomic E-state index is 12.0. The molecule has 2 rings (SSSR count). The zero-order chi connectivity index (χ0) is 13.3. The van der Waals surface area contributed by atoms with Crippen molar-refractivity contribution < 1.29 is 9.59 Å². The lowest BCUT2D eigenvalue weighted by Gasteiger charge is -2.29. The van der Waals surface area contributed by atoms with E-state index >= 15 is 0 Å². The molecule has 0 spiro atoms. The number of carbonyl (C=O) groups is 2. The second kappa shape index (κ2) is 4.88. The summed E-state index contributed by atoms with van der Waals surface area (Å²) >= 11 is 0. The molecule has 1 aliphatic heterocycles. The van der Waals surface area contributed by atoms with Gasteiger partial charge < -0.3 is 11.5 Å². The van der Waals surface area contributed by atoms with Gasteiger partial charge in [-0.05, 0) is 30.5 Å². The average molecular weight is 247 g/mol. The smallest absolute Gasteiger partial charge is 0.250 e. The Kier molecular flexibility index (Phi) is 3.45. The second-order valence-electron chi connectivity index (χ2n) is 4.52. The van der Waals surface area contributed by atoms with Gasteiger partial charge >= 0.3 is 0 Å². The average Bonchev–Trinajstić information content (AvgIpc) is 2.37. The number of anilines is 1. The number of imide groups is 1. The summed E-state index contributed by atoms with van der Waals surface area (Å²) < 4.78 is 0. The lowest BCUT2D eigenvalue weighted by atomic mass is 9.98. The number of aryl methyl sites for hydroxylation is 1. The van der Waals surface area contributed by atoms with E-state index in [2.05, 4.69) is 0 Å². The van der Waals surface area contributed by atoms with Crippen molar-refractivity contribution in [2.75, 3.05) is 4.90 Å². The van der Waals surface area contributed by atoms with Crippen molar-refractivity contribution >= 4 is 17.5 Å². The predicted molar refractivity (Wildman–Crippen MR) is 68.8 cm³/mol. The number of amides is 2. The van der Waals surface area contributed by atoms with Crippen molar-refractivity contribution in [3.8, 4) is 0 Å². The third-order valence-electron chi connectivity index (χ3n) is 3.09. The first-order valence-corrected chi connectivity index (χ1v) is 5.99. The van der Waals surface area contributed by atoms with E-state index in [9.17, 15) is 9.59 Å². The third kappa shape index (κ3) is 2.14. The molecule has 1 heterocycles. The normalized spacial score (nSPS) is 16.4. The number of hydrogen-bond donors (Lipinski definition) is 2. The van der Waals surface area contributed by atoms with Gasteiger partial charge in [-0.15, -0.1) is 0 Å². The third-order valence-corrected chi connectivity index (χ3v) is 3.09. The van der Waals surface area contributed by atoms with Crippen molar-refractivity contribution in [3.05, 3.63) is 29.3 Å². The number of hydrogen-bond acceptors (Lipinski definition) is 4. The lowest BCUT2D eigenvalue weighted by Crippen LogP contribution is -2.47. The summed E-state index contributed by atoms with van der Waals surface area (Å²) in [6.07, 6.45) is 0.976. The molecule has 18 heavy (non-hydrogen) atoms. The first-order chi connectivity index (χ1) is 8.54. The summed E-state index contributed by atoms with van der Waals surface area (Å²) in [5.41, 5.74) is 13.8. The van der Waals surface area contributed by atoms with Crippen molar-refractivity contribution in [2.24, 2.45) is 11.5 Å². The van der Waals surface area contributed by atoms with Gasteiger partial charge in [0.15, 0.2) is 0 Å². The fourth-order valence-electron chi connectivity index (χ4n) is 2.12. The van der Waals surface area contributed by atoms with E-state index in [-0.39, 0.29) is 11.8 Å². The minimum Gasteiger partial charge on any atom is -0.326 e. The maximum absolute atomic E-state index is 12.0. The van der Waals surface area contributed by atoms with Crippen molar-refractivity contribution in [2.45, 2.75) is 32.4 Å². The van der Waals surface area contributed by atoms with Gasteiger partial charge in [0.25, 0.3) is 0 Å². The molecular formula is C13H17N3O2. The topological polar surface area (TPSA) is 89.4 Å². The number of nitrogens with zero attached hydrogens (tertiary/aromatic N) is 1. The van der Waals surface area contributed by atoms with Crippen molar-refractivity contribution in [1.29, 1.82) is 0 Å². The van der Waals surface area contributed by atoms with Crippen LogP contribution in [-0.2, 0) is 22.6 Å². The Morgan fingerprint density at radius 3 is 2.78 bits per heavy atom. The Balaban J connectivity index is 2.45. The highest BCUT2D eigenvalue weighted by atomic mass is 16.2. The van der Waals surface area contributed by atoms with Crippen LogP contribution in [0.3, 0.4) is 0 Å². The standard InChI is InChI=1S/C13H17N3O2/c1-8(15)13(18)16-11-4-2-9(7-14)6-10(11)3-5-12(16)17/h2,4,6,8H,3,5,7,14-15H2,1H3. The molecule has 0 aromatic heterocycles. The maximum Gasteiger partial charge on any atom is 0.250 e. The van der Waals surface area contributed by atoms with Crippen LogP contribution in [0.15, 0.2) is 18.2 Å². The molecule has 1 aliphatic rings. The van der Waals surface area contributed by atoms with Crippen LogP contribution in [0.1, 0.15) is 24.5 Å². The molecule has 0 radical (unpaired) electrons. The minimum absolute atomic E-state index is 0.190. The van der Waals surface area contributed by atoms with E-state index in [0.29, 0.717) is 25.1 Å². The molecule has 0 fully saturated rings. The van der Waals surface area contributed by atoms with E-state index in [1.165, 1.54) is 4.90 Å². The Labute approximate surface area is 106 Å². The fourth-order valence-corrected chi connectivity index (χ4v) is 2.12. The Morgan fingerprint density at radius 2 is 2.17 bits per heavy atom. The van der Waals surface area contributed by atoms with Crippen LogP contribution >= 0.6 is 0 Å². The predicted octanol–water partition coefficient (Wildman–Crippen LogP) is 0.298. The van der Waals surface area contributed by atoms with Crippen LogP contribution in [0.2, 0.25) is 0 Å². The lowest BCUT2D eigenvalue weighted by molar-refractivity contribution is -0.127. The number of fused-ring (bicyclic) bond motifs is 1. The minimum atomic E-state index is -0.686. The zero-order valence-electron chi connectivity index (χ0n) is 10.3. The second-order valence-corrected chi connectivity index (χ2v) is 4.52. The van der Waals surface area contributed by atoms with E-state index < -0.39 is 6.04 Å². The Bertz CT molecular complexity index is 497. The monoisotopic (exact) mass is 247 g/mol. The molecule has 4 N–H and O–H groups in total. The van der Waals surface area contributed by atoms with E-state index in [1.807, 2.05) is 12.1 Å². The molecule has 0 saturated heterocycles. The molecule has 5 heteroatoms.